The summed E-state index contributed by atoms with van der Waals surface area (Å²) in [5.41, 5.74) is 1.69. The third-order valence-corrected chi connectivity index (χ3v) is 4.01. The number of nitrogens with zero attached hydrogens (tertiary/aromatic N) is 1. The Balaban J connectivity index is 2.58. The van der Waals surface area contributed by atoms with Crippen molar-refractivity contribution in [2.45, 2.75) is 26.8 Å². The maximum Gasteiger partial charge on any atom is 0.338 e. The minimum absolute atomic E-state index is 0.245. The van der Waals surface area contributed by atoms with Crippen LogP contribution < -0.4 is 10.1 Å². The molecule has 0 aromatic heterocycles. The SMILES string of the molecule is CCOC(=O)C1=C(C)NC(=S)N(C(C)=O)[C@@H]1c1ccc(OC)cc1. The molecule has 1 atom stereocenters. The van der Waals surface area contributed by atoms with E-state index in [0.29, 0.717) is 17.0 Å². The van der Waals surface area contributed by atoms with Crippen LogP contribution in [0.3, 0.4) is 0 Å². The smallest absolute Gasteiger partial charge is 0.338 e. The summed E-state index contributed by atoms with van der Waals surface area (Å²) in [6, 6.07) is 6.52. The van der Waals surface area contributed by atoms with E-state index in [1.54, 1.807) is 45.2 Å². The van der Waals surface area contributed by atoms with Crippen molar-refractivity contribution >= 4 is 29.2 Å². The van der Waals surface area contributed by atoms with Gasteiger partial charge in [0.2, 0.25) is 5.91 Å². The van der Waals surface area contributed by atoms with Crippen LogP contribution in [-0.2, 0) is 14.3 Å². The number of esters is 1. The lowest BCUT2D eigenvalue weighted by atomic mass is 9.93. The van der Waals surface area contributed by atoms with E-state index >= 15 is 0 Å². The zero-order valence-electron chi connectivity index (χ0n) is 14.1. The molecule has 1 N–H and O–H groups in total. The van der Waals surface area contributed by atoms with Crippen LogP contribution >= 0.6 is 12.2 Å². The molecule has 0 aliphatic carbocycles. The highest BCUT2D eigenvalue weighted by molar-refractivity contribution is 7.80. The van der Waals surface area contributed by atoms with Crippen LogP contribution in [0.5, 0.6) is 5.75 Å². The highest BCUT2D eigenvalue weighted by Gasteiger charge is 2.38. The summed E-state index contributed by atoms with van der Waals surface area (Å²) in [4.78, 5) is 26.0. The van der Waals surface area contributed by atoms with Gasteiger partial charge in [-0.25, -0.2) is 4.79 Å². The maximum absolute atomic E-state index is 12.5. The Morgan fingerprint density at radius 3 is 2.42 bits per heavy atom. The number of methoxy groups -OCH3 is 1. The van der Waals surface area contributed by atoms with Gasteiger partial charge in [-0.3, -0.25) is 9.69 Å². The van der Waals surface area contributed by atoms with Gasteiger partial charge in [-0.1, -0.05) is 12.1 Å². The average molecular weight is 348 g/mol. The zero-order valence-corrected chi connectivity index (χ0v) is 14.9. The van der Waals surface area contributed by atoms with Crippen molar-refractivity contribution in [1.29, 1.82) is 0 Å². The molecular weight excluding hydrogens is 328 g/mol. The Kier molecular flexibility index (Phi) is 5.56. The van der Waals surface area contributed by atoms with Crippen molar-refractivity contribution in [2.24, 2.45) is 0 Å². The molecule has 0 saturated carbocycles. The first kappa shape index (κ1) is 17.9. The molecule has 1 amide bonds. The average Bonchev–Trinajstić information content (AvgIpc) is 2.53. The van der Waals surface area contributed by atoms with Crippen LogP contribution in [0.25, 0.3) is 0 Å². The van der Waals surface area contributed by atoms with Crippen LogP contribution in [0.2, 0.25) is 0 Å². The van der Waals surface area contributed by atoms with Crippen molar-refractivity contribution in [3.8, 4) is 5.75 Å². The van der Waals surface area contributed by atoms with Gasteiger partial charge in [-0.15, -0.1) is 0 Å². The standard InChI is InChI=1S/C17H20N2O4S/c1-5-23-16(21)14-10(2)18-17(24)19(11(3)20)15(14)12-6-8-13(22-4)9-7-12/h6-9,15H,5H2,1-4H3,(H,18,24)/t15-/m1/s1. The molecule has 0 bridgehead atoms. The summed E-state index contributed by atoms with van der Waals surface area (Å²) in [7, 11) is 1.57. The molecule has 0 saturated heterocycles. The van der Waals surface area contributed by atoms with Crippen molar-refractivity contribution in [2.75, 3.05) is 13.7 Å². The number of amides is 1. The van der Waals surface area contributed by atoms with Gasteiger partial charge in [-0.2, -0.15) is 0 Å². The molecule has 0 spiro atoms. The van der Waals surface area contributed by atoms with Gasteiger partial charge in [0, 0.05) is 12.6 Å². The fourth-order valence-electron chi connectivity index (χ4n) is 2.64. The Labute approximate surface area is 146 Å². The summed E-state index contributed by atoms with van der Waals surface area (Å²) in [5.74, 6) is -0.0530. The van der Waals surface area contributed by atoms with Gasteiger partial charge in [0.15, 0.2) is 5.11 Å². The van der Waals surface area contributed by atoms with Gasteiger partial charge < -0.3 is 14.8 Å². The van der Waals surface area contributed by atoms with Crippen LogP contribution in [0.15, 0.2) is 35.5 Å². The molecule has 1 heterocycles. The fourth-order valence-corrected chi connectivity index (χ4v) is 3.03. The minimum Gasteiger partial charge on any atom is -0.497 e. The second-order valence-corrected chi connectivity index (χ2v) is 5.64. The quantitative estimate of drug-likeness (QED) is 0.665. The molecule has 1 aromatic carbocycles. The van der Waals surface area contributed by atoms with E-state index in [9.17, 15) is 9.59 Å². The number of benzene rings is 1. The Morgan fingerprint density at radius 2 is 1.92 bits per heavy atom. The Morgan fingerprint density at radius 1 is 1.29 bits per heavy atom. The molecule has 0 fully saturated rings. The normalized spacial score (nSPS) is 17.4. The van der Waals surface area contributed by atoms with Gasteiger partial charge >= 0.3 is 5.97 Å². The second-order valence-electron chi connectivity index (χ2n) is 5.25. The molecule has 0 unspecified atom stereocenters. The number of rotatable bonds is 4. The van der Waals surface area contributed by atoms with E-state index in [0.717, 1.165) is 5.56 Å². The van der Waals surface area contributed by atoms with E-state index in [4.69, 9.17) is 21.7 Å². The molecule has 1 aromatic rings. The number of hydrogen-bond donors (Lipinski definition) is 1. The number of ether oxygens (including phenoxy) is 2. The fraction of sp³-hybridized carbons (Fsp3) is 0.353. The third kappa shape index (κ3) is 3.41. The van der Waals surface area contributed by atoms with E-state index in [2.05, 4.69) is 5.32 Å². The lowest BCUT2D eigenvalue weighted by Crippen LogP contribution is -2.50. The van der Waals surface area contributed by atoms with Crippen molar-refractivity contribution in [3.63, 3.8) is 0 Å². The molecule has 7 heteroatoms. The predicted molar refractivity (Wildman–Crippen MR) is 93.3 cm³/mol. The lowest BCUT2D eigenvalue weighted by Gasteiger charge is -2.37. The number of allylic oxidation sites excluding steroid dienone is 1. The molecule has 128 valence electrons. The first-order valence-electron chi connectivity index (χ1n) is 7.53. The summed E-state index contributed by atoms with van der Waals surface area (Å²) >= 11 is 5.29. The number of nitrogens with one attached hydrogen (secondary N) is 1. The largest absolute Gasteiger partial charge is 0.497 e. The monoisotopic (exact) mass is 348 g/mol. The number of hydrogen-bond acceptors (Lipinski definition) is 5. The highest BCUT2D eigenvalue weighted by Crippen LogP contribution is 2.35. The third-order valence-electron chi connectivity index (χ3n) is 3.72. The molecule has 1 aliphatic heterocycles. The number of carbonyl (C=O) groups excluding carboxylic acids is 2. The second kappa shape index (κ2) is 7.44. The maximum atomic E-state index is 12.5. The molecule has 24 heavy (non-hydrogen) atoms. The van der Waals surface area contributed by atoms with E-state index in [-0.39, 0.29) is 17.6 Å². The van der Waals surface area contributed by atoms with E-state index in [1.807, 2.05) is 0 Å². The molecular formula is C17H20N2O4S. The summed E-state index contributed by atoms with van der Waals surface area (Å²) in [6.07, 6.45) is 0. The highest BCUT2D eigenvalue weighted by atomic mass is 32.1. The summed E-state index contributed by atoms with van der Waals surface area (Å²) in [6.45, 7) is 5.13. The molecule has 6 nitrogen and oxygen atoms in total. The van der Waals surface area contributed by atoms with Crippen molar-refractivity contribution in [3.05, 3.63) is 41.1 Å². The van der Waals surface area contributed by atoms with Gasteiger partial charge in [0.25, 0.3) is 0 Å². The predicted octanol–water partition coefficient (Wildman–Crippen LogP) is 2.31. The first-order valence-corrected chi connectivity index (χ1v) is 7.94. The zero-order chi connectivity index (χ0) is 17.9. The number of thiocarbonyl (C=S) groups is 1. The molecule has 1 aliphatic rings. The van der Waals surface area contributed by atoms with Crippen LogP contribution in [0.4, 0.5) is 0 Å². The van der Waals surface area contributed by atoms with Gasteiger partial charge in [0.05, 0.1) is 25.3 Å². The summed E-state index contributed by atoms with van der Waals surface area (Å²) in [5, 5.41) is 3.17. The van der Waals surface area contributed by atoms with E-state index < -0.39 is 12.0 Å². The van der Waals surface area contributed by atoms with Gasteiger partial charge in [0.1, 0.15) is 5.75 Å². The molecule has 0 radical (unpaired) electrons. The van der Waals surface area contributed by atoms with Gasteiger partial charge in [-0.05, 0) is 43.8 Å². The van der Waals surface area contributed by atoms with Crippen LogP contribution in [0.1, 0.15) is 32.4 Å². The molecule has 2 rings (SSSR count). The summed E-state index contributed by atoms with van der Waals surface area (Å²) < 4.78 is 10.3. The van der Waals surface area contributed by atoms with Crippen LogP contribution in [-0.4, -0.2) is 35.6 Å². The van der Waals surface area contributed by atoms with Crippen LogP contribution in [0, 0.1) is 0 Å². The minimum atomic E-state index is -0.638. The van der Waals surface area contributed by atoms with Crippen molar-refractivity contribution < 1.29 is 19.1 Å². The topological polar surface area (TPSA) is 67.9 Å². The first-order chi connectivity index (χ1) is 11.4. The number of carbonyl (C=O) groups is 2. The lowest BCUT2D eigenvalue weighted by molar-refractivity contribution is -0.139. The Bertz CT molecular complexity index is 697. The Hall–Kier alpha value is -2.41. The van der Waals surface area contributed by atoms with Crippen molar-refractivity contribution in [1.82, 2.24) is 10.2 Å². The van der Waals surface area contributed by atoms with E-state index in [1.165, 1.54) is 11.8 Å².